The van der Waals surface area contributed by atoms with Crippen molar-refractivity contribution in [2.45, 2.75) is 31.8 Å². The Labute approximate surface area is 180 Å². The van der Waals surface area contributed by atoms with Gasteiger partial charge in [0.15, 0.2) is 6.17 Å². The third-order valence-electron chi connectivity index (χ3n) is 6.16. The summed E-state index contributed by atoms with van der Waals surface area (Å²) in [5.41, 5.74) is 5.99. The Bertz CT molecular complexity index is 1070. The Morgan fingerprint density at radius 1 is 1.00 bits per heavy atom. The highest BCUT2D eigenvalue weighted by Crippen LogP contribution is 2.38. The van der Waals surface area contributed by atoms with Gasteiger partial charge in [0.1, 0.15) is 0 Å². The third kappa shape index (κ3) is 4.04. The maximum absolute atomic E-state index is 5.99. The first-order valence-electron chi connectivity index (χ1n) is 10.5. The van der Waals surface area contributed by atoms with E-state index in [9.17, 15) is 0 Å². The number of nitrogens with zero attached hydrogens (tertiary/aromatic N) is 2. The number of hydrogen-bond donors (Lipinski definition) is 1. The smallest absolute Gasteiger partial charge is 0.156 e. The van der Waals surface area contributed by atoms with Crippen molar-refractivity contribution in [3.8, 4) is 9.75 Å². The predicted octanol–water partition coefficient (Wildman–Crippen LogP) is 4.61. The molecule has 150 valence electrons. The van der Waals surface area contributed by atoms with E-state index in [-0.39, 0.29) is 6.17 Å². The molecule has 2 aliphatic rings. The van der Waals surface area contributed by atoms with E-state index in [0.29, 0.717) is 11.8 Å². The van der Waals surface area contributed by atoms with Crippen LogP contribution in [-0.4, -0.2) is 18.0 Å². The summed E-state index contributed by atoms with van der Waals surface area (Å²) in [5, 5.41) is 4.47. The predicted molar refractivity (Wildman–Crippen MR) is 123 cm³/mol. The summed E-state index contributed by atoms with van der Waals surface area (Å²) in [6.07, 6.45) is 7.56. The number of benzene rings is 1. The molecule has 1 saturated carbocycles. The molecule has 29 heavy (non-hydrogen) atoms. The third-order valence-corrected chi connectivity index (χ3v) is 8.35. The maximum atomic E-state index is 5.99. The van der Waals surface area contributed by atoms with Gasteiger partial charge in [0.25, 0.3) is 0 Å². The van der Waals surface area contributed by atoms with Crippen LogP contribution in [0.15, 0.2) is 58.9 Å². The number of fused-ring (bicyclic) bond motifs is 1. The standard InChI is InChI=1S/C24H27N3S2/c25-14-17-5-3-6-18(13-17)15-27-16-19-7-1-2-8-20(19)26-24(27)23-11-10-22(29-23)21-9-4-12-28-21/h1-2,4,7-12,16-18,24H,3,5-6,13-15,25H2. The van der Waals surface area contributed by atoms with Crippen molar-refractivity contribution in [1.82, 2.24) is 4.90 Å². The van der Waals surface area contributed by atoms with Gasteiger partial charge in [-0.3, -0.25) is 4.99 Å². The summed E-state index contributed by atoms with van der Waals surface area (Å²) in [5.74, 6) is 1.39. The zero-order valence-electron chi connectivity index (χ0n) is 16.5. The van der Waals surface area contributed by atoms with Gasteiger partial charge in [-0.1, -0.05) is 30.7 Å². The lowest BCUT2D eigenvalue weighted by Gasteiger charge is -2.36. The van der Waals surface area contributed by atoms with Crippen LogP contribution in [0.4, 0.5) is 0 Å². The zero-order chi connectivity index (χ0) is 19.6. The molecule has 3 unspecified atom stereocenters. The molecule has 2 N–H and O–H groups in total. The van der Waals surface area contributed by atoms with Gasteiger partial charge in [-0.05, 0) is 67.3 Å². The molecule has 0 radical (unpaired) electrons. The zero-order valence-corrected chi connectivity index (χ0v) is 18.2. The average Bonchev–Trinajstić information content (AvgIpc) is 3.45. The second-order valence-corrected chi connectivity index (χ2v) is 10.3. The first-order chi connectivity index (χ1) is 14.3. The second kappa shape index (κ2) is 8.42. The van der Waals surface area contributed by atoms with Gasteiger partial charge in [0.05, 0.1) is 5.36 Å². The van der Waals surface area contributed by atoms with Gasteiger partial charge in [0, 0.05) is 32.6 Å². The molecule has 0 amide bonds. The highest BCUT2D eigenvalue weighted by Gasteiger charge is 2.27. The van der Waals surface area contributed by atoms with Crippen LogP contribution in [0, 0.1) is 11.8 Å². The van der Waals surface area contributed by atoms with Crippen LogP contribution in [0.25, 0.3) is 16.0 Å². The van der Waals surface area contributed by atoms with Crippen LogP contribution >= 0.6 is 22.7 Å². The van der Waals surface area contributed by atoms with Crippen LogP contribution < -0.4 is 16.3 Å². The number of thiophene rings is 2. The van der Waals surface area contributed by atoms with Crippen molar-refractivity contribution in [2.24, 2.45) is 22.6 Å². The minimum Gasteiger partial charge on any atom is -0.351 e. The number of hydrogen-bond acceptors (Lipinski definition) is 5. The van der Waals surface area contributed by atoms with Crippen molar-refractivity contribution >= 4 is 28.9 Å². The van der Waals surface area contributed by atoms with E-state index in [0.717, 1.165) is 18.4 Å². The second-order valence-electron chi connectivity index (χ2n) is 8.20. The van der Waals surface area contributed by atoms with Crippen LogP contribution in [0.5, 0.6) is 0 Å². The van der Waals surface area contributed by atoms with E-state index in [1.54, 1.807) is 11.3 Å². The molecule has 3 aromatic rings. The minimum atomic E-state index is 0.0712. The molecular weight excluding hydrogens is 394 g/mol. The summed E-state index contributed by atoms with van der Waals surface area (Å²) >= 11 is 3.68. The molecule has 3 heterocycles. The molecule has 5 rings (SSSR count). The molecule has 3 atom stereocenters. The van der Waals surface area contributed by atoms with Crippen LogP contribution in [0.2, 0.25) is 0 Å². The largest absolute Gasteiger partial charge is 0.351 e. The van der Waals surface area contributed by atoms with Gasteiger partial charge in [-0.15, -0.1) is 22.7 Å². The maximum Gasteiger partial charge on any atom is 0.156 e. The fraction of sp³-hybridized carbons (Fsp3) is 0.375. The first-order valence-corrected chi connectivity index (χ1v) is 12.2. The summed E-state index contributed by atoms with van der Waals surface area (Å²) in [6.45, 7) is 1.89. The monoisotopic (exact) mass is 421 g/mol. The van der Waals surface area contributed by atoms with E-state index in [2.05, 4.69) is 65.0 Å². The minimum absolute atomic E-state index is 0.0712. The van der Waals surface area contributed by atoms with Gasteiger partial charge in [-0.25, -0.2) is 0 Å². The van der Waals surface area contributed by atoms with E-state index in [1.165, 1.54) is 45.5 Å². The molecule has 5 heteroatoms. The lowest BCUT2D eigenvalue weighted by Crippen LogP contribution is -2.40. The van der Waals surface area contributed by atoms with Gasteiger partial charge < -0.3 is 10.6 Å². The topological polar surface area (TPSA) is 41.6 Å². The van der Waals surface area contributed by atoms with E-state index in [1.807, 2.05) is 11.3 Å². The van der Waals surface area contributed by atoms with Crippen LogP contribution in [0.3, 0.4) is 0 Å². The Kier molecular flexibility index (Phi) is 5.53. The number of rotatable bonds is 5. The van der Waals surface area contributed by atoms with E-state index >= 15 is 0 Å². The van der Waals surface area contributed by atoms with E-state index in [4.69, 9.17) is 10.7 Å². The molecule has 0 spiro atoms. The molecule has 1 aromatic carbocycles. The van der Waals surface area contributed by atoms with Gasteiger partial charge in [-0.2, -0.15) is 0 Å². The van der Waals surface area contributed by atoms with Gasteiger partial charge >= 0.3 is 0 Å². The quantitative estimate of drug-likeness (QED) is 0.653. The lowest BCUT2D eigenvalue weighted by atomic mass is 9.81. The summed E-state index contributed by atoms with van der Waals surface area (Å²) < 4.78 is 0. The van der Waals surface area contributed by atoms with Crippen LogP contribution in [0.1, 0.15) is 36.7 Å². The Hall–Kier alpha value is -1.95. The molecular formula is C24H27N3S2. The molecule has 1 fully saturated rings. The van der Waals surface area contributed by atoms with Crippen molar-refractivity contribution in [3.63, 3.8) is 0 Å². The number of nitrogens with two attached hydrogens (primary N) is 1. The first kappa shape index (κ1) is 19.0. The summed E-state index contributed by atoms with van der Waals surface area (Å²) in [6, 6.07) is 17.4. The van der Waals surface area contributed by atoms with Crippen molar-refractivity contribution in [1.29, 1.82) is 0 Å². The Balaban J connectivity index is 1.47. The number of para-hydroxylation sites is 1. The van der Waals surface area contributed by atoms with Crippen molar-refractivity contribution < 1.29 is 0 Å². The fourth-order valence-electron chi connectivity index (χ4n) is 4.67. The average molecular weight is 422 g/mol. The van der Waals surface area contributed by atoms with E-state index < -0.39 is 0 Å². The van der Waals surface area contributed by atoms with Gasteiger partial charge in [0.2, 0.25) is 0 Å². The van der Waals surface area contributed by atoms with Crippen molar-refractivity contribution in [3.05, 3.63) is 69.4 Å². The molecule has 1 aliphatic heterocycles. The molecule has 0 bridgehead atoms. The SMILES string of the molecule is NCC1CCCC(CN2C=c3ccccc3=NC2c2ccc(-c3cccs3)s2)C1. The highest BCUT2D eigenvalue weighted by atomic mass is 32.1. The molecule has 1 aliphatic carbocycles. The lowest BCUT2D eigenvalue weighted by molar-refractivity contribution is 0.195. The fourth-order valence-corrected chi connectivity index (χ4v) is 6.57. The molecule has 0 saturated heterocycles. The molecule has 3 nitrogen and oxygen atoms in total. The highest BCUT2D eigenvalue weighted by molar-refractivity contribution is 7.21. The van der Waals surface area contributed by atoms with Crippen molar-refractivity contribution in [2.75, 3.05) is 13.1 Å². The normalized spacial score (nSPS) is 23.9. The Morgan fingerprint density at radius 3 is 2.76 bits per heavy atom. The van der Waals surface area contributed by atoms with Crippen LogP contribution in [-0.2, 0) is 0 Å². The molecule has 2 aromatic heterocycles. The summed E-state index contributed by atoms with van der Waals surface area (Å²) in [7, 11) is 0. The Morgan fingerprint density at radius 2 is 1.90 bits per heavy atom. The summed E-state index contributed by atoms with van der Waals surface area (Å²) in [4.78, 5) is 11.7.